The third kappa shape index (κ3) is 4.59. The standard InChI is InChI=1S/C13H22O/c1-2-3-5-10-13(14)11-12-8-6-4-7-9-12/h2,12H,1,3-11H2. The van der Waals surface area contributed by atoms with Crippen LogP contribution in [0.1, 0.15) is 57.8 Å². The molecule has 1 aliphatic rings. The largest absolute Gasteiger partial charge is 0.300 e. The van der Waals surface area contributed by atoms with E-state index < -0.39 is 0 Å². The fourth-order valence-electron chi connectivity index (χ4n) is 2.26. The van der Waals surface area contributed by atoms with E-state index in [1.165, 1.54) is 32.1 Å². The van der Waals surface area contributed by atoms with Crippen molar-refractivity contribution in [3.05, 3.63) is 12.7 Å². The van der Waals surface area contributed by atoms with Crippen molar-refractivity contribution in [1.29, 1.82) is 0 Å². The van der Waals surface area contributed by atoms with Crippen LogP contribution in [0.3, 0.4) is 0 Å². The third-order valence-corrected chi connectivity index (χ3v) is 3.10. The normalized spacial score (nSPS) is 18.0. The van der Waals surface area contributed by atoms with Gasteiger partial charge in [-0.05, 0) is 18.8 Å². The van der Waals surface area contributed by atoms with Gasteiger partial charge in [-0.2, -0.15) is 0 Å². The van der Waals surface area contributed by atoms with Gasteiger partial charge in [0.2, 0.25) is 0 Å². The van der Waals surface area contributed by atoms with Crippen molar-refractivity contribution < 1.29 is 4.79 Å². The predicted octanol–water partition coefficient (Wildman–Crippen LogP) is 3.88. The second-order valence-corrected chi connectivity index (χ2v) is 4.43. The number of rotatable bonds is 6. The van der Waals surface area contributed by atoms with Crippen molar-refractivity contribution in [3.8, 4) is 0 Å². The molecule has 0 atom stereocenters. The Morgan fingerprint density at radius 1 is 1.29 bits per heavy atom. The summed E-state index contributed by atoms with van der Waals surface area (Å²) in [6.07, 6.45) is 12.1. The number of hydrogen-bond donors (Lipinski definition) is 0. The minimum atomic E-state index is 0.471. The molecule has 80 valence electrons. The molecule has 0 heterocycles. The first-order chi connectivity index (χ1) is 6.83. The van der Waals surface area contributed by atoms with Crippen LogP contribution < -0.4 is 0 Å². The van der Waals surface area contributed by atoms with Crippen LogP contribution >= 0.6 is 0 Å². The highest BCUT2D eigenvalue weighted by Gasteiger charge is 2.16. The van der Waals surface area contributed by atoms with Crippen LogP contribution in [-0.2, 0) is 4.79 Å². The molecule has 0 N–H and O–H groups in total. The summed E-state index contributed by atoms with van der Waals surface area (Å²) in [7, 11) is 0. The van der Waals surface area contributed by atoms with Crippen molar-refractivity contribution in [2.45, 2.75) is 57.8 Å². The Labute approximate surface area is 87.6 Å². The molecule has 1 aliphatic carbocycles. The fourth-order valence-corrected chi connectivity index (χ4v) is 2.26. The molecule has 0 aromatic rings. The maximum absolute atomic E-state index is 11.6. The van der Waals surface area contributed by atoms with E-state index in [0.29, 0.717) is 11.7 Å². The first kappa shape index (κ1) is 11.5. The summed E-state index contributed by atoms with van der Waals surface area (Å²) in [5.41, 5.74) is 0. The Morgan fingerprint density at radius 2 is 2.00 bits per heavy atom. The van der Waals surface area contributed by atoms with Gasteiger partial charge in [0, 0.05) is 12.8 Å². The topological polar surface area (TPSA) is 17.1 Å². The van der Waals surface area contributed by atoms with Crippen LogP contribution in [0.25, 0.3) is 0 Å². The van der Waals surface area contributed by atoms with Gasteiger partial charge < -0.3 is 0 Å². The molecule has 0 bridgehead atoms. The smallest absolute Gasteiger partial charge is 0.133 e. The fraction of sp³-hybridized carbons (Fsp3) is 0.769. The molecule has 0 aromatic heterocycles. The van der Waals surface area contributed by atoms with Crippen molar-refractivity contribution in [2.24, 2.45) is 5.92 Å². The molecule has 0 saturated heterocycles. The first-order valence-corrected chi connectivity index (χ1v) is 5.95. The maximum atomic E-state index is 11.6. The van der Waals surface area contributed by atoms with Crippen molar-refractivity contribution in [1.82, 2.24) is 0 Å². The van der Waals surface area contributed by atoms with E-state index in [-0.39, 0.29) is 0 Å². The van der Waals surface area contributed by atoms with E-state index in [4.69, 9.17) is 0 Å². The van der Waals surface area contributed by atoms with Crippen molar-refractivity contribution >= 4 is 5.78 Å². The highest BCUT2D eigenvalue weighted by Crippen LogP contribution is 2.26. The molecule has 0 spiro atoms. The summed E-state index contributed by atoms with van der Waals surface area (Å²) >= 11 is 0. The van der Waals surface area contributed by atoms with Crippen LogP contribution in [0.5, 0.6) is 0 Å². The highest BCUT2D eigenvalue weighted by molar-refractivity contribution is 5.78. The monoisotopic (exact) mass is 194 g/mol. The Morgan fingerprint density at radius 3 is 2.64 bits per heavy atom. The lowest BCUT2D eigenvalue weighted by molar-refractivity contribution is -0.120. The molecule has 0 unspecified atom stereocenters. The molecule has 0 radical (unpaired) electrons. The number of carbonyl (C=O) groups is 1. The summed E-state index contributed by atoms with van der Waals surface area (Å²) < 4.78 is 0. The van der Waals surface area contributed by atoms with Crippen LogP contribution in [0.15, 0.2) is 12.7 Å². The van der Waals surface area contributed by atoms with Crippen LogP contribution in [-0.4, -0.2) is 5.78 Å². The third-order valence-electron chi connectivity index (χ3n) is 3.10. The number of allylic oxidation sites excluding steroid dienone is 1. The van der Waals surface area contributed by atoms with Crippen molar-refractivity contribution in [2.75, 3.05) is 0 Å². The maximum Gasteiger partial charge on any atom is 0.133 e. The Kier molecular flexibility index (Phi) is 5.58. The summed E-state index contributed by atoms with van der Waals surface area (Å²) in [6, 6.07) is 0. The lowest BCUT2D eigenvalue weighted by atomic mass is 9.85. The van der Waals surface area contributed by atoms with Gasteiger partial charge in [-0.25, -0.2) is 0 Å². The van der Waals surface area contributed by atoms with E-state index in [1.54, 1.807) is 0 Å². The lowest BCUT2D eigenvalue weighted by Crippen LogP contribution is -2.11. The molecule has 0 amide bonds. The summed E-state index contributed by atoms with van der Waals surface area (Å²) in [4.78, 5) is 11.6. The van der Waals surface area contributed by atoms with Gasteiger partial charge in [0.1, 0.15) is 5.78 Å². The highest BCUT2D eigenvalue weighted by atomic mass is 16.1. The molecule has 1 nitrogen and oxygen atoms in total. The van der Waals surface area contributed by atoms with Crippen LogP contribution in [0.4, 0.5) is 0 Å². The van der Waals surface area contributed by atoms with Crippen LogP contribution in [0.2, 0.25) is 0 Å². The number of carbonyl (C=O) groups excluding carboxylic acids is 1. The van der Waals surface area contributed by atoms with Gasteiger partial charge >= 0.3 is 0 Å². The minimum Gasteiger partial charge on any atom is -0.300 e. The van der Waals surface area contributed by atoms with E-state index in [0.717, 1.165) is 25.7 Å². The van der Waals surface area contributed by atoms with E-state index in [9.17, 15) is 4.79 Å². The zero-order chi connectivity index (χ0) is 10.2. The molecule has 1 saturated carbocycles. The Hall–Kier alpha value is -0.590. The summed E-state index contributed by atoms with van der Waals surface area (Å²) in [5, 5.41) is 0. The second kappa shape index (κ2) is 6.80. The lowest BCUT2D eigenvalue weighted by Gasteiger charge is -2.20. The van der Waals surface area contributed by atoms with Gasteiger partial charge in [-0.15, -0.1) is 6.58 Å². The second-order valence-electron chi connectivity index (χ2n) is 4.43. The van der Waals surface area contributed by atoms with E-state index >= 15 is 0 Å². The van der Waals surface area contributed by atoms with Gasteiger partial charge in [0.05, 0.1) is 0 Å². The molecule has 0 aromatic carbocycles. The SMILES string of the molecule is C=CCCCC(=O)CC1CCCCC1. The number of unbranched alkanes of at least 4 members (excludes halogenated alkanes) is 1. The molecule has 1 fully saturated rings. The van der Waals surface area contributed by atoms with Gasteiger partial charge in [0.25, 0.3) is 0 Å². The predicted molar refractivity (Wildman–Crippen MR) is 60.2 cm³/mol. The minimum absolute atomic E-state index is 0.471. The first-order valence-electron chi connectivity index (χ1n) is 5.95. The molecular weight excluding hydrogens is 172 g/mol. The van der Waals surface area contributed by atoms with Crippen molar-refractivity contribution in [3.63, 3.8) is 0 Å². The zero-order valence-electron chi connectivity index (χ0n) is 9.13. The molecule has 1 rings (SSSR count). The van der Waals surface area contributed by atoms with E-state index in [1.807, 2.05) is 6.08 Å². The number of Topliss-reactive ketones (excluding diaryl/α,β-unsaturated/α-hetero) is 1. The van der Waals surface area contributed by atoms with Gasteiger partial charge in [0.15, 0.2) is 0 Å². The van der Waals surface area contributed by atoms with E-state index in [2.05, 4.69) is 6.58 Å². The average Bonchev–Trinajstić information content (AvgIpc) is 2.20. The molecular formula is C13H22O. The Balaban J connectivity index is 2.09. The van der Waals surface area contributed by atoms with Gasteiger partial charge in [-0.3, -0.25) is 4.79 Å². The quantitative estimate of drug-likeness (QED) is 0.463. The molecule has 1 heteroatoms. The number of hydrogen-bond acceptors (Lipinski definition) is 1. The van der Waals surface area contributed by atoms with Gasteiger partial charge in [-0.1, -0.05) is 38.2 Å². The molecule has 14 heavy (non-hydrogen) atoms. The summed E-state index contributed by atoms with van der Waals surface area (Å²) in [5.74, 6) is 1.18. The average molecular weight is 194 g/mol. The Bertz CT molecular complexity index is 178. The summed E-state index contributed by atoms with van der Waals surface area (Å²) in [6.45, 7) is 3.66. The number of ketones is 1. The van der Waals surface area contributed by atoms with Crippen LogP contribution in [0, 0.1) is 5.92 Å². The zero-order valence-corrected chi connectivity index (χ0v) is 9.13. The molecule has 0 aliphatic heterocycles.